The molecule has 1 atom stereocenters. The quantitative estimate of drug-likeness (QED) is 0.594. The zero-order chi connectivity index (χ0) is 22.3. The summed E-state index contributed by atoms with van der Waals surface area (Å²) in [5, 5.41) is 3.14. The van der Waals surface area contributed by atoms with Gasteiger partial charge in [-0.25, -0.2) is 4.39 Å². The Kier molecular flexibility index (Phi) is 6.90. The molecule has 5 nitrogen and oxygen atoms in total. The average molecular weight is 432 g/mol. The Morgan fingerprint density at radius 1 is 0.906 bits per heavy atom. The van der Waals surface area contributed by atoms with Gasteiger partial charge in [0.2, 0.25) is 5.91 Å². The lowest BCUT2D eigenvalue weighted by atomic mass is 9.94. The van der Waals surface area contributed by atoms with E-state index in [4.69, 9.17) is 0 Å². The lowest BCUT2D eigenvalue weighted by Crippen LogP contribution is -2.47. The first-order valence-corrected chi connectivity index (χ1v) is 11.0. The molecule has 0 unspecified atom stereocenters. The zero-order valence-corrected chi connectivity index (χ0v) is 17.8. The summed E-state index contributed by atoms with van der Waals surface area (Å²) in [7, 11) is 0. The Morgan fingerprint density at radius 2 is 1.59 bits per heavy atom. The van der Waals surface area contributed by atoms with Crippen LogP contribution >= 0.6 is 0 Å². The largest absolute Gasteiger partial charge is 0.351 e. The van der Waals surface area contributed by atoms with Crippen LogP contribution in [0.25, 0.3) is 0 Å². The topological polar surface area (TPSA) is 62.3 Å². The predicted octanol–water partition coefficient (Wildman–Crippen LogP) is 5.06. The van der Waals surface area contributed by atoms with E-state index in [2.05, 4.69) is 10.3 Å². The molecule has 1 heterocycles. The summed E-state index contributed by atoms with van der Waals surface area (Å²) >= 11 is 0. The van der Waals surface area contributed by atoms with E-state index in [9.17, 15) is 14.0 Å². The number of amides is 2. The summed E-state index contributed by atoms with van der Waals surface area (Å²) in [5.41, 5.74) is 1.33. The van der Waals surface area contributed by atoms with Gasteiger partial charge < -0.3 is 5.32 Å². The second-order valence-electron chi connectivity index (χ2n) is 8.02. The molecule has 1 aliphatic rings. The maximum Gasteiger partial charge on any atom is 0.277 e. The minimum atomic E-state index is -0.963. The number of aromatic nitrogens is 1. The Labute approximate surface area is 187 Å². The Morgan fingerprint density at radius 3 is 2.25 bits per heavy atom. The Balaban J connectivity index is 1.77. The number of pyridine rings is 1. The number of nitrogens with zero attached hydrogens (tertiary/aromatic N) is 2. The van der Waals surface area contributed by atoms with E-state index >= 15 is 0 Å². The van der Waals surface area contributed by atoms with Gasteiger partial charge in [0.25, 0.3) is 5.91 Å². The SMILES string of the molecule is O=C(NC1CCCCC1)[C@H](c1ccc(F)cc1)N(C(=O)c1ccccn1)c1ccccc1. The van der Waals surface area contributed by atoms with Crippen molar-refractivity contribution in [3.05, 3.63) is 96.1 Å². The van der Waals surface area contributed by atoms with E-state index in [1.807, 2.05) is 18.2 Å². The van der Waals surface area contributed by atoms with Gasteiger partial charge in [0.15, 0.2) is 0 Å². The molecule has 0 radical (unpaired) electrons. The molecule has 1 saturated carbocycles. The van der Waals surface area contributed by atoms with Gasteiger partial charge in [-0.3, -0.25) is 19.5 Å². The van der Waals surface area contributed by atoms with Crippen LogP contribution in [0.3, 0.4) is 0 Å². The third-order valence-corrected chi connectivity index (χ3v) is 5.78. The van der Waals surface area contributed by atoms with Gasteiger partial charge in [-0.2, -0.15) is 0 Å². The number of carbonyl (C=O) groups is 2. The normalized spacial score (nSPS) is 15.0. The molecule has 1 fully saturated rings. The number of nitrogens with one attached hydrogen (secondary N) is 1. The van der Waals surface area contributed by atoms with Crippen molar-refractivity contribution in [3.63, 3.8) is 0 Å². The number of benzene rings is 2. The predicted molar refractivity (Wildman–Crippen MR) is 122 cm³/mol. The van der Waals surface area contributed by atoms with Crippen molar-refractivity contribution >= 4 is 17.5 Å². The highest BCUT2D eigenvalue weighted by molar-refractivity contribution is 6.09. The van der Waals surface area contributed by atoms with Crippen molar-refractivity contribution < 1.29 is 14.0 Å². The number of hydrogen-bond donors (Lipinski definition) is 1. The summed E-state index contributed by atoms with van der Waals surface area (Å²) in [6.45, 7) is 0. The molecule has 2 aromatic carbocycles. The molecule has 0 saturated heterocycles. The molecule has 1 N–H and O–H groups in total. The summed E-state index contributed by atoms with van der Waals surface area (Å²) in [6, 6.07) is 19.0. The fourth-order valence-corrected chi connectivity index (χ4v) is 4.17. The van der Waals surface area contributed by atoms with Gasteiger partial charge in [0.05, 0.1) is 0 Å². The molecule has 1 aromatic heterocycles. The van der Waals surface area contributed by atoms with E-state index in [0.717, 1.165) is 25.7 Å². The maximum atomic E-state index is 13.7. The first-order valence-electron chi connectivity index (χ1n) is 11.0. The number of rotatable bonds is 6. The van der Waals surface area contributed by atoms with Crippen LogP contribution in [0.4, 0.5) is 10.1 Å². The number of para-hydroxylation sites is 1. The van der Waals surface area contributed by atoms with Crippen molar-refractivity contribution in [1.82, 2.24) is 10.3 Å². The standard InChI is InChI=1S/C26H26FN3O2/c27-20-16-14-19(15-17-20)24(25(31)29-21-9-3-1-4-10-21)30(22-11-5-2-6-12-22)26(32)23-13-7-8-18-28-23/h2,5-8,11-18,21,24H,1,3-4,9-10H2,(H,29,31)/t24-/m0/s1. The van der Waals surface area contributed by atoms with Crippen LogP contribution in [-0.2, 0) is 4.79 Å². The molecule has 0 spiro atoms. The molecule has 6 heteroatoms. The number of halogens is 1. The molecule has 0 bridgehead atoms. The van der Waals surface area contributed by atoms with Crippen molar-refractivity contribution in [2.75, 3.05) is 4.90 Å². The van der Waals surface area contributed by atoms with Crippen LogP contribution in [0.15, 0.2) is 79.0 Å². The fourth-order valence-electron chi connectivity index (χ4n) is 4.17. The van der Waals surface area contributed by atoms with Gasteiger partial charge >= 0.3 is 0 Å². The lowest BCUT2D eigenvalue weighted by Gasteiger charge is -2.33. The lowest BCUT2D eigenvalue weighted by molar-refractivity contribution is -0.123. The van der Waals surface area contributed by atoms with Crippen LogP contribution in [0.5, 0.6) is 0 Å². The highest BCUT2D eigenvalue weighted by Crippen LogP contribution is 2.30. The summed E-state index contributed by atoms with van der Waals surface area (Å²) in [6.07, 6.45) is 6.69. The second-order valence-corrected chi connectivity index (χ2v) is 8.02. The van der Waals surface area contributed by atoms with Crippen LogP contribution in [0.1, 0.15) is 54.2 Å². The Hall–Kier alpha value is -3.54. The van der Waals surface area contributed by atoms with E-state index in [1.165, 1.54) is 23.5 Å². The summed E-state index contributed by atoms with van der Waals surface area (Å²) < 4.78 is 13.7. The van der Waals surface area contributed by atoms with Crippen LogP contribution in [-0.4, -0.2) is 22.8 Å². The number of hydrogen-bond acceptors (Lipinski definition) is 3. The molecular weight excluding hydrogens is 405 g/mol. The van der Waals surface area contributed by atoms with E-state index in [-0.39, 0.29) is 17.6 Å². The Bertz CT molecular complexity index is 1040. The summed E-state index contributed by atoms with van der Waals surface area (Å²) in [4.78, 5) is 32.9. The minimum Gasteiger partial charge on any atom is -0.351 e. The van der Waals surface area contributed by atoms with Gasteiger partial charge in [-0.15, -0.1) is 0 Å². The van der Waals surface area contributed by atoms with Crippen molar-refractivity contribution in [3.8, 4) is 0 Å². The maximum absolute atomic E-state index is 13.7. The molecular formula is C26H26FN3O2. The average Bonchev–Trinajstić information content (AvgIpc) is 2.84. The van der Waals surface area contributed by atoms with Gasteiger partial charge in [0, 0.05) is 17.9 Å². The molecule has 2 amide bonds. The number of anilines is 1. The van der Waals surface area contributed by atoms with Crippen LogP contribution in [0.2, 0.25) is 0 Å². The van der Waals surface area contributed by atoms with E-state index in [0.29, 0.717) is 11.3 Å². The molecule has 32 heavy (non-hydrogen) atoms. The number of carbonyl (C=O) groups excluding carboxylic acids is 2. The van der Waals surface area contributed by atoms with Crippen molar-refractivity contribution in [2.45, 2.75) is 44.2 Å². The molecule has 164 valence electrons. The molecule has 4 rings (SSSR count). The molecule has 3 aromatic rings. The zero-order valence-electron chi connectivity index (χ0n) is 17.8. The molecule has 1 aliphatic carbocycles. The molecule has 0 aliphatic heterocycles. The van der Waals surface area contributed by atoms with Gasteiger partial charge in [-0.05, 0) is 54.8 Å². The first-order chi connectivity index (χ1) is 15.6. The smallest absolute Gasteiger partial charge is 0.277 e. The third kappa shape index (κ3) is 5.02. The van der Waals surface area contributed by atoms with Crippen LogP contribution in [0, 0.1) is 5.82 Å². The van der Waals surface area contributed by atoms with Crippen molar-refractivity contribution in [1.29, 1.82) is 0 Å². The minimum absolute atomic E-state index is 0.0711. The first kappa shape index (κ1) is 21.7. The highest BCUT2D eigenvalue weighted by Gasteiger charge is 2.35. The van der Waals surface area contributed by atoms with E-state index in [1.54, 1.807) is 48.7 Å². The van der Waals surface area contributed by atoms with Crippen LogP contribution < -0.4 is 10.2 Å². The van der Waals surface area contributed by atoms with Crippen molar-refractivity contribution in [2.24, 2.45) is 0 Å². The monoisotopic (exact) mass is 431 g/mol. The highest BCUT2D eigenvalue weighted by atomic mass is 19.1. The summed E-state index contributed by atoms with van der Waals surface area (Å²) in [5.74, 6) is -1.08. The third-order valence-electron chi connectivity index (χ3n) is 5.78. The second kappa shape index (κ2) is 10.2. The fraction of sp³-hybridized carbons (Fsp3) is 0.269. The van der Waals surface area contributed by atoms with Gasteiger partial charge in [-0.1, -0.05) is 55.7 Å². The van der Waals surface area contributed by atoms with Gasteiger partial charge in [0.1, 0.15) is 17.6 Å². The van der Waals surface area contributed by atoms with E-state index < -0.39 is 17.8 Å².